The molecule has 0 bridgehead atoms. The average Bonchev–Trinajstić information content (AvgIpc) is 3.18. The van der Waals surface area contributed by atoms with Crippen molar-refractivity contribution in [1.82, 2.24) is 24.7 Å². The maximum Gasteiger partial charge on any atom is 0.437 e. The highest BCUT2D eigenvalue weighted by molar-refractivity contribution is 5.71. The monoisotopic (exact) mass is 468 g/mol. The Bertz CT molecular complexity index is 1140. The summed E-state index contributed by atoms with van der Waals surface area (Å²) < 4.78 is 72.4. The quantitative estimate of drug-likeness (QED) is 0.519. The van der Waals surface area contributed by atoms with Gasteiger partial charge in [-0.15, -0.1) is 0 Å². The van der Waals surface area contributed by atoms with Crippen LogP contribution in [0.25, 0.3) is 11.2 Å². The highest BCUT2D eigenvalue weighted by Crippen LogP contribution is 2.51. The predicted octanol–water partition coefficient (Wildman–Crippen LogP) is 4.33. The van der Waals surface area contributed by atoms with Gasteiger partial charge < -0.3 is 9.64 Å². The number of anilines is 1. The van der Waals surface area contributed by atoms with Gasteiger partial charge in [0.05, 0.1) is 12.4 Å². The molecule has 4 heterocycles. The fourth-order valence-corrected chi connectivity index (χ4v) is 4.72. The van der Waals surface area contributed by atoms with Crippen LogP contribution in [-0.2, 0) is 12.7 Å². The summed E-state index contributed by atoms with van der Waals surface area (Å²) in [6.45, 7) is 0.669. The number of ether oxygens (including phenoxy) is 1. The first-order valence-electron chi connectivity index (χ1n) is 10.7. The van der Waals surface area contributed by atoms with Gasteiger partial charge in [-0.25, -0.2) is 28.4 Å². The van der Waals surface area contributed by atoms with Crippen LogP contribution in [-0.4, -0.2) is 50.4 Å². The Kier molecular flexibility index (Phi) is 5.32. The molecule has 1 spiro atoms. The van der Waals surface area contributed by atoms with Gasteiger partial charge in [-0.1, -0.05) is 0 Å². The molecule has 3 aromatic rings. The first kappa shape index (κ1) is 21.8. The van der Waals surface area contributed by atoms with Crippen LogP contribution in [0.2, 0.25) is 0 Å². The van der Waals surface area contributed by atoms with Crippen LogP contribution in [0, 0.1) is 5.41 Å². The van der Waals surface area contributed by atoms with Gasteiger partial charge in [0, 0.05) is 24.7 Å². The summed E-state index contributed by atoms with van der Waals surface area (Å²) in [6, 6.07) is 2.75. The highest BCUT2D eigenvalue weighted by Gasteiger charge is 2.51. The standard InChI is InChI=1S/C21H21F5N6O/c22-16(23)12-32-19-13(10-29-32)28-11-17(30-19)31-8-5-20(6-9-31)4-3-15(20)33-14-2-1-7-27-18(14)21(24,25)26/h1-2,7,10-11,15-16H,3-6,8-9,12H2. The van der Waals surface area contributed by atoms with Crippen molar-refractivity contribution in [1.29, 1.82) is 0 Å². The largest absolute Gasteiger partial charge is 0.488 e. The maximum atomic E-state index is 13.3. The first-order valence-corrected chi connectivity index (χ1v) is 10.7. The molecule has 0 aromatic carbocycles. The Hall–Kier alpha value is -3.05. The molecule has 0 amide bonds. The Morgan fingerprint density at radius 1 is 1.12 bits per heavy atom. The number of hydrogen-bond donors (Lipinski definition) is 0. The van der Waals surface area contributed by atoms with Gasteiger partial charge in [0.1, 0.15) is 24.0 Å². The van der Waals surface area contributed by atoms with Crippen LogP contribution >= 0.6 is 0 Å². The van der Waals surface area contributed by atoms with E-state index in [0.29, 0.717) is 36.5 Å². The minimum absolute atomic E-state index is 0.204. The molecule has 1 saturated heterocycles. The van der Waals surface area contributed by atoms with Crippen LogP contribution in [0.1, 0.15) is 31.4 Å². The van der Waals surface area contributed by atoms with Crippen LogP contribution in [0.15, 0.2) is 30.7 Å². The minimum atomic E-state index is -4.58. The van der Waals surface area contributed by atoms with E-state index < -0.39 is 24.8 Å². The second kappa shape index (κ2) is 8.07. The maximum absolute atomic E-state index is 13.3. The van der Waals surface area contributed by atoms with Crippen molar-refractivity contribution in [2.24, 2.45) is 5.41 Å². The van der Waals surface area contributed by atoms with Crippen molar-refractivity contribution >= 4 is 17.0 Å². The molecule has 0 N–H and O–H groups in total. The molecule has 5 rings (SSSR count). The number of pyridine rings is 1. The van der Waals surface area contributed by atoms with E-state index in [1.54, 1.807) is 6.20 Å². The van der Waals surface area contributed by atoms with Crippen LogP contribution in [0.5, 0.6) is 5.75 Å². The SMILES string of the molecule is FC(F)Cn1ncc2ncc(N3CCC4(CCC4Oc4cccnc4C(F)(F)F)CC3)nc21. The zero-order valence-corrected chi connectivity index (χ0v) is 17.5. The molecular weight excluding hydrogens is 447 g/mol. The normalized spacial score (nSPS) is 20.4. The Morgan fingerprint density at radius 2 is 1.91 bits per heavy atom. The minimum Gasteiger partial charge on any atom is -0.488 e. The van der Waals surface area contributed by atoms with E-state index >= 15 is 0 Å². The van der Waals surface area contributed by atoms with E-state index in [1.807, 2.05) is 4.90 Å². The lowest BCUT2D eigenvalue weighted by atomic mass is 9.60. The second-order valence-corrected chi connectivity index (χ2v) is 8.50. The second-order valence-electron chi connectivity index (χ2n) is 8.50. The highest BCUT2D eigenvalue weighted by atomic mass is 19.4. The molecule has 2 aliphatic rings. The summed E-state index contributed by atoms with van der Waals surface area (Å²) in [7, 11) is 0. The van der Waals surface area contributed by atoms with Crippen LogP contribution < -0.4 is 9.64 Å². The van der Waals surface area contributed by atoms with Crippen molar-refractivity contribution in [3.05, 3.63) is 36.4 Å². The van der Waals surface area contributed by atoms with Crippen molar-refractivity contribution in [2.75, 3.05) is 18.0 Å². The third kappa shape index (κ3) is 4.06. The van der Waals surface area contributed by atoms with Crippen molar-refractivity contribution in [3.8, 4) is 5.75 Å². The summed E-state index contributed by atoms with van der Waals surface area (Å²) in [5, 5.41) is 3.93. The van der Waals surface area contributed by atoms with E-state index in [0.717, 1.165) is 30.1 Å². The smallest absolute Gasteiger partial charge is 0.437 e. The molecule has 1 unspecified atom stereocenters. The molecule has 33 heavy (non-hydrogen) atoms. The molecule has 1 atom stereocenters. The zero-order chi connectivity index (χ0) is 23.2. The molecule has 12 heteroatoms. The number of hydrogen-bond acceptors (Lipinski definition) is 6. The van der Waals surface area contributed by atoms with E-state index in [4.69, 9.17) is 4.74 Å². The van der Waals surface area contributed by atoms with E-state index in [1.165, 1.54) is 18.3 Å². The molecule has 0 radical (unpaired) electrons. The van der Waals surface area contributed by atoms with E-state index in [2.05, 4.69) is 20.1 Å². The number of rotatable bonds is 5. The zero-order valence-electron chi connectivity index (χ0n) is 17.5. The predicted molar refractivity (Wildman–Crippen MR) is 108 cm³/mol. The summed E-state index contributed by atoms with van der Waals surface area (Å²) in [5.74, 6) is 0.330. The van der Waals surface area contributed by atoms with Gasteiger partial charge in [-0.3, -0.25) is 0 Å². The number of piperidine rings is 1. The number of alkyl halides is 5. The van der Waals surface area contributed by atoms with Crippen molar-refractivity contribution in [2.45, 2.75) is 50.9 Å². The summed E-state index contributed by atoms with van der Waals surface area (Å²) in [5.41, 5.74) is -0.468. The number of nitrogens with zero attached hydrogens (tertiary/aromatic N) is 6. The molecule has 7 nitrogen and oxygen atoms in total. The fraction of sp³-hybridized carbons (Fsp3) is 0.524. The van der Waals surface area contributed by atoms with Gasteiger partial charge in [0.25, 0.3) is 6.43 Å². The number of halogens is 5. The Morgan fingerprint density at radius 3 is 2.58 bits per heavy atom. The Balaban J connectivity index is 1.28. The summed E-state index contributed by atoms with van der Waals surface area (Å²) in [6.07, 6.45) is -0.347. The summed E-state index contributed by atoms with van der Waals surface area (Å²) >= 11 is 0. The van der Waals surface area contributed by atoms with Gasteiger partial charge in [0.15, 0.2) is 17.1 Å². The van der Waals surface area contributed by atoms with Crippen LogP contribution in [0.4, 0.5) is 27.8 Å². The number of fused-ring (bicyclic) bond motifs is 1. The molecule has 1 aliphatic heterocycles. The number of aromatic nitrogens is 5. The summed E-state index contributed by atoms with van der Waals surface area (Å²) in [4.78, 5) is 14.3. The topological polar surface area (TPSA) is 69.0 Å². The van der Waals surface area contributed by atoms with Crippen molar-refractivity contribution in [3.63, 3.8) is 0 Å². The molecule has 3 aromatic heterocycles. The molecule has 176 valence electrons. The van der Waals surface area contributed by atoms with Gasteiger partial charge in [-0.2, -0.15) is 18.3 Å². The van der Waals surface area contributed by atoms with Crippen molar-refractivity contribution < 1.29 is 26.7 Å². The lowest BCUT2D eigenvalue weighted by molar-refractivity contribution is -0.145. The molecule has 1 saturated carbocycles. The van der Waals surface area contributed by atoms with Gasteiger partial charge in [-0.05, 0) is 37.8 Å². The molecule has 2 fully saturated rings. The van der Waals surface area contributed by atoms with Gasteiger partial charge >= 0.3 is 6.18 Å². The van der Waals surface area contributed by atoms with E-state index in [9.17, 15) is 22.0 Å². The fourth-order valence-electron chi connectivity index (χ4n) is 4.72. The molecular formula is C21H21F5N6O. The molecule has 1 aliphatic carbocycles. The van der Waals surface area contributed by atoms with E-state index in [-0.39, 0.29) is 17.3 Å². The lowest BCUT2D eigenvalue weighted by Gasteiger charge is -2.53. The average molecular weight is 468 g/mol. The lowest BCUT2D eigenvalue weighted by Crippen LogP contribution is -2.54. The van der Waals surface area contributed by atoms with Gasteiger partial charge in [0.2, 0.25) is 0 Å². The first-order chi connectivity index (χ1) is 15.7. The Labute approximate surface area is 185 Å². The third-order valence-corrected chi connectivity index (χ3v) is 6.62. The third-order valence-electron chi connectivity index (χ3n) is 6.62. The van der Waals surface area contributed by atoms with Crippen LogP contribution in [0.3, 0.4) is 0 Å².